The zero-order valence-electron chi connectivity index (χ0n) is 16.5. The number of hydrogen-bond acceptors (Lipinski definition) is 4. The van der Waals surface area contributed by atoms with Crippen LogP contribution in [-0.4, -0.2) is 37.6 Å². The Morgan fingerprint density at radius 2 is 2.10 bits per heavy atom. The lowest BCUT2D eigenvalue weighted by atomic mass is 10.1. The molecule has 0 saturated heterocycles. The zero-order chi connectivity index (χ0) is 20.1. The summed E-state index contributed by atoms with van der Waals surface area (Å²) in [5.74, 6) is 1.04. The normalized spacial score (nSPS) is 11.2. The van der Waals surface area contributed by atoms with E-state index in [9.17, 15) is 9.18 Å². The van der Waals surface area contributed by atoms with Crippen LogP contribution in [0.4, 0.5) is 4.39 Å². The molecule has 0 saturated carbocycles. The van der Waals surface area contributed by atoms with Gasteiger partial charge in [0.2, 0.25) is 0 Å². The molecule has 3 aromatic rings. The predicted molar refractivity (Wildman–Crippen MR) is 120 cm³/mol. The number of hydrogen-bond donors (Lipinski definition) is 3. The summed E-state index contributed by atoms with van der Waals surface area (Å²) in [7, 11) is 3.00. The van der Waals surface area contributed by atoms with E-state index in [0.717, 1.165) is 16.5 Å². The van der Waals surface area contributed by atoms with E-state index in [1.165, 1.54) is 19.2 Å². The first-order valence-corrected chi connectivity index (χ1v) is 8.89. The maximum Gasteiger partial charge on any atom is 0.341 e. The van der Waals surface area contributed by atoms with Crippen molar-refractivity contribution in [1.29, 1.82) is 0 Å². The summed E-state index contributed by atoms with van der Waals surface area (Å²) in [5, 5.41) is 7.23. The summed E-state index contributed by atoms with van der Waals surface area (Å²) < 4.78 is 23.8. The highest BCUT2D eigenvalue weighted by Gasteiger charge is 2.15. The van der Waals surface area contributed by atoms with Gasteiger partial charge in [0, 0.05) is 30.7 Å². The van der Waals surface area contributed by atoms with Crippen LogP contribution < -0.4 is 10.6 Å². The molecule has 0 bridgehead atoms. The van der Waals surface area contributed by atoms with E-state index in [4.69, 9.17) is 9.15 Å². The summed E-state index contributed by atoms with van der Waals surface area (Å²) in [4.78, 5) is 19.0. The highest BCUT2D eigenvalue weighted by molar-refractivity contribution is 14.0. The minimum absolute atomic E-state index is 0. The quantitative estimate of drug-likeness (QED) is 0.203. The number of furan rings is 1. The molecular weight excluding hydrogens is 490 g/mol. The zero-order valence-corrected chi connectivity index (χ0v) is 18.8. The predicted octanol–water partition coefficient (Wildman–Crippen LogP) is 3.52. The standard InChI is InChI=1S/C20H23FN4O3.HI/c1-12-16(19(26)27-3)9-15(28-12)11-25-20(22-2)23-7-6-13-10-24-18-5-4-14(21)8-17(13)18;/h4-5,8-10,24H,6-7,11H2,1-3H3,(H2,22,23,25);1H. The van der Waals surface area contributed by atoms with Crippen LogP contribution >= 0.6 is 24.0 Å². The molecule has 3 N–H and O–H groups in total. The molecular formula is C20H24FIN4O3. The van der Waals surface area contributed by atoms with Gasteiger partial charge in [0.1, 0.15) is 22.9 Å². The molecule has 156 valence electrons. The number of halogens is 2. The van der Waals surface area contributed by atoms with Gasteiger partial charge in [0.15, 0.2) is 5.96 Å². The van der Waals surface area contributed by atoms with Gasteiger partial charge in [-0.05, 0) is 43.2 Å². The number of carbonyl (C=O) groups excluding carboxylic acids is 1. The van der Waals surface area contributed by atoms with Gasteiger partial charge in [0.25, 0.3) is 0 Å². The van der Waals surface area contributed by atoms with E-state index >= 15 is 0 Å². The van der Waals surface area contributed by atoms with Crippen molar-refractivity contribution in [2.75, 3.05) is 20.7 Å². The SMILES string of the molecule is CN=C(NCCc1c[nH]c2ccc(F)cc12)NCc1cc(C(=O)OC)c(C)o1.I. The second-order valence-electron chi connectivity index (χ2n) is 6.28. The fourth-order valence-electron chi connectivity index (χ4n) is 3.01. The van der Waals surface area contributed by atoms with Crippen LogP contribution in [-0.2, 0) is 17.7 Å². The number of aliphatic imine (C=N–C) groups is 1. The molecule has 9 heteroatoms. The Morgan fingerprint density at radius 3 is 2.83 bits per heavy atom. The van der Waals surface area contributed by atoms with Gasteiger partial charge < -0.3 is 24.8 Å². The fraction of sp³-hybridized carbons (Fsp3) is 0.300. The first-order chi connectivity index (χ1) is 13.5. The molecule has 0 aliphatic heterocycles. The van der Waals surface area contributed by atoms with Gasteiger partial charge in [-0.25, -0.2) is 9.18 Å². The highest BCUT2D eigenvalue weighted by Crippen LogP contribution is 2.19. The van der Waals surface area contributed by atoms with Gasteiger partial charge in [-0.15, -0.1) is 24.0 Å². The van der Waals surface area contributed by atoms with Crippen LogP contribution in [0.2, 0.25) is 0 Å². The number of aromatic amines is 1. The van der Waals surface area contributed by atoms with Crippen LogP contribution in [0.25, 0.3) is 10.9 Å². The van der Waals surface area contributed by atoms with Crippen molar-refractivity contribution >= 4 is 46.8 Å². The van der Waals surface area contributed by atoms with Crippen LogP contribution in [0.1, 0.15) is 27.4 Å². The van der Waals surface area contributed by atoms with E-state index in [0.29, 0.717) is 42.6 Å². The smallest absolute Gasteiger partial charge is 0.341 e. The van der Waals surface area contributed by atoms with Crippen molar-refractivity contribution in [3.8, 4) is 0 Å². The van der Waals surface area contributed by atoms with Crippen molar-refractivity contribution in [2.45, 2.75) is 19.9 Å². The van der Waals surface area contributed by atoms with Crippen molar-refractivity contribution in [1.82, 2.24) is 15.6 Å². The lowest BCUT2D eigenvalue weighted by molar-refractivity contribution is 0.0599. The molecule has 2 heterocycles. The Morgan fingerprint density at radius 1 is 1.31 bits per heavy atom. The molecule has 7 nitrogen and oxygen atoms in total. The number of nitrogens with zero attached hydrogens (tertiary/aromatic N) is 1. The topological polar surface area (TPSA) is 91.7 Å². The van der Waals surface area contributed by atoms with Crippen molar-refractivity contribution < 1.29 is 18.3 Å². The number of benzene rings is 1. The van der Waals surface area contributed by atoms with Crippen LogP contribution in [0.3, 0.4) is 0 Å². The second-order valence-corrected chi connectivity index (χ2v) is 6.28. The summed E-state index contributed by atoms with van der Waals surface area (Å²) in [6.07, 6.45) is 2.60. The fourth-order valence-corrected chi connectivity index (χ4v) is 3.01. The lowest BCUT2D eigenvalue weighted by Gasteiger charge is -2.10. The molecule has 0 aliphatic carbocycles. The molecule has 0 amide bonds. The summed E-state index contributed by atoms with van der Waals surface area (Å²) >= 11 is 0. The van der Waals surface area contributed by atoms with E-state index in [1.54, 1.807) is 26.1 Å². The van der Waals surface area contributed by atoms with Crippen LogP contribution in [0, 0.1) is 12.7 Å². The monoisotopic (exact) mass is 514 g/mol. The number of carbonyl (C=O) groups is 1. The Balaban J connectivity index is 0.00000300. The molecule has 0 unspecified atom stereocenters. The van der Waals surface area contributed by atoms with Crippen molar-refractivity contribution in [3.63, 3.8) is 0 Å². The Kier molecular flexibility index (Phi) is 8.06. The lowest BCUT2D eigenvalue weighted by Crippen LogP contribution is -2.37. The van der Waals surface area contributed by atoms with Gasteiger partial charge in [-0.2, -0.15) is 0 Å². The molecule has 3 rings (SSSR count). The Hall–Kier alpha value is -2.56. The summed E-state index contributed by atoms with van der Waals surface area (Å²) in [5.41, 5.74) is 2.35. The Labute approximate surface area is 185 Å². The van der Waals surface area contributed by atoms with Crippen LogP contribution in [0.15, 0.2) is 39.9 Å². The number of aryl methyl sites for hydroxylation is 1. The third-order valence-corrected chi connectivity index (χ3v) is 4.44. The molecule has 0 aliphatic rings. The molecule has 0 spiro atoms. The third-order valence-electron chi connectivity index (χ3n) is 4.44. The van der Waals surface area contributed by atoms with Crippen molar-refractivity contribution in [3.05, 3.63) is 58.9 Å². The second kappa shape index (κ2) is 10.3. The minimum Gasteiger partial charge on any atom is -0.465 e. The highest BCUT2D eigenvalue weighted by atomic mass is 127. The Bertz CT molecular complexity index is 1010. The minimum atomic E-state index is -0.426. The molecule has 0 fully saturated rings. The number of H-pyrrole nitrogens is 1. The number of esters is 1. The summed E-state index contributed by atoms with van der Waals surface area (Å²) in [6.45, 7) is 2.70. The molecule has 2 aromatic heterocycles. The van der Waals surface area contributed by atoms with Gasteiger partial charge in [-0.1, -0.05) is 0 Å². The number of rotatable bonds is 6. The average Bonchev–Trinajstić information content (AvgIpc) is 3.26. The van der Waals surface area contributed by atoms with Crippen LogP contribution in [0.5, 0.6) is 0 Å². The molecule has 29 heavy (non-hydrogen) atoms. The average molecular weight is 514 g/mol. The van der Waals surface area contributed by atoms with Gasteiger partial charge in [-0.3, -0.25) is 4.99 Å². The third kappa shape index (κ3) is 5.49. The molecule has 0 atom stereocenters. The number of guanidine groups is 1. The van der Waals surface area contributed by atoms with E-state index in [-0.39, 0.29) is 29.8 Å². The van der Waals surface area contributed by atoms with E-state index in [1.807, 2.05) is 6.20 Å². The van der Waals surface area contributed by atoms with E-state index in [2.05, 4.69) is 20.6 Å². The van der Waals surface area contributed by atoms with E-state index < -0.39 is 5.97 Å². The number of nitrogens with one attached hydrogen (secondary N) is 3. The first kappa shape index (κ1) is 22.7. The van der Waals surface area contributed by atoms with Crippen molar-refractivity contribution in [2.24, 2.45) is 4.99 Å². The maximum absolute atomic E-state index is 13.5. The molecule has 0 radical (unpaired) electrons. The number of fused-ring (bicyclic) bond motifs is 1. The summed E-state index contributed by atoms with van der Waals surface area (Å²) in [6, 6.07) is 6.36. The van der Waals surface area contributed by atoms with Gasteiger partial charge >= 0.3 is 5.97 Å². The number of ether oxygens (including phenoxy) is 1. The first-order valence-electron chi connectivity index (χ1n) is 8.89. The van der Waals surface area contributed by atoms with Gasteiger partial charge in [0.05, 0.1) is 13.7 Å². The number of methoxy groups -OCH3 is 1. The largest absolute Gasteiger partial charge is 0.465 e. The number of aromatic nitrogens is 1. The molecule has 1 aromatic carbocycles. The maximum atomic E-state index is 13.5.